The van der Waals surface area contributed by atoms with Gasteiger partial charge < -0.3 is 15.0 Å². The summed E-state index contributed by atoms with van der Waals surface area (Å²) < 4.78 is 5.65. The van der Waals surface area contributed by atoms with Crippen molar-refractivity contribution in [2.75, 3.05) is 30.9 Å². The molecular weight excluding hydrogens is 250 g/mol. The fraction of sp³-hybridized carbons (Fsp3) is 0.312. The molecule has 1 N–H and O–H groups in total. The Balaban J connectivity index is 1.78. The number of ether oxygens (including phenoxy) is 1. The molecule has 20 heavy (non-hydrogen) atoms. The summed E-state index contributed by atoms with van der Waals surface area (Å²) in [4.78, 5) is 6.41. The van der Waals surface area contributed by atoms with E-state index < -0.39 is 0 Å². The smallest absolute Gasteiger partial charge is 0.128 e. The van der Waals surface area contributed by atoms with Crippen LogP contribution in [0.2, 0.25) is 0 Å². The first-order chi connectivity index (χ1) is 9.74. The summed E-state index contributed by atoms with van der Waals surface area (Å²) in [5.74, 6) is 0.954. The van der Waals surface area contributed by atoms with Crippen molar-refractivity contribution >= 4 is 11.5 Å². The Morgan fingerprint density at radius 2 is 2.05 bits per heavy atom. The van der Waals surface area contributed by atoms with Crippen molar-refractivity contribution in [3.8, 4) is 0 Å². The average molecular weight is 269 g/mol. The Bertz CT molecular complexity index is 581. The van der Waals surface area contributed by atoms with E-state index in [4.69, 9.17) is 4.74 Å². The number of hydrogen-bond acceptors (Lipinski definition) is 4. The molecule has 0 saturated carbocycles. The van der Waals surface area contributed by atoms with Crippen molar-refractivity contribution in [2.24, 2.45) is 0 Å². The van der Waals surface area contributed by atoms with Gasteiger partial charge in [-0.15, -0.1) is 0 Å². The highest BCUT2D eigenvalue weighted by Crippen LogP contribution is 2.27. The lowest BCUT2D eigenvalue weighted by Gasteiger charge is -2.27. The zero-order chi connectivity index (χ0) is 13.9. The molecule has 1 aromatic carbocycles. The zero-order valence-electron chi connectivity index (χ0n) is 11.8. The molecule has 1 atom stereocenters. The molecule has 0 saturated heterocycles. The van der Waals surface area contributed by atoms with Crippen molar-refractivity contribution in [3.63, 3.8) is 0 Å². The molecule has 4 heteroatoms. The summed E-state index contributed by atoms with van der Waals surface area (Å²) in [6.07, 6.45) is 1.87. The van der Waals surface area contributed by atoms with Crippen LogP contribution in [-0.2, 0) is 11.3 Å². The minimum Gasteiger partial charge on any atom is -0.375 e. The predicted molar refractivity (Wildman–Crippen MR) is 81.0 cm³/mol. The Morgan fingerprint density at radius 3 is 2.80 bits per heavy atom. The number of rotatable bonds is 3. The Morgan fingerprint density at radius 1 is 1.20 bits per heavy atom. The second kappa shape index (κ2) is 5.51. The van der Waals surface area contributed by atoms with Gasteiger partial charge in [0.1, 0.15) is 5.82 Å². The van der Waals surface area contributed by atoms with Gasteiger partial charge in [0.15, 0.2) is 0 Å². The summed E-state index contributed by atoms with van der Waals surface area (Å²) in [5.41, 5.74) is 3.59. The molecule has 1 aliphatic rings. The predicted octanol–water partition coefficient (Wildman–Crippen LogP) is 2.83. The Hall–Kier alpha value is -2.07. The van der Waals surface area contributed by atoms with Gasteiger partial charge in [0, 0.05) is 14.1 Å². The van der Waals surface area contributed by atoms with E-state index in [-0.39, 0.29) is 6.04 Å². The van der Waals surface area contributed by atoms with E-state index in [0.717, 1.165) is 11.5 Å². The number of hydrogen-bond donors (Lipinski definition) is 1. The summed E-state index contributed by atoms with van der Waals surface area (Å²) in [5, 5.41) is 3.50. The highest BCUT2D eigenvalue weighted by molar-refractivity contribution is 5.50. The first-order valence-corrected chi connectivity index (χ1v) is 6.79. The Labute approximate surface area is 119 Å². The van der Waals surface area contributed by atoms with Crippen LogP contribution in [0.5, 0.6) is 0 Å². The number of aromatic nitrogens is 1. The molecule has 3 rings (SSSR count). The third-order valence-electron chi connectivity index (χ3n) is 3.52. The molecule has 1 aliphatic heterocycles. The molecule has 4 nitrogen and oxygen atoms in total. The van der Waals surface area contributed by atoms with Crippen molar-refractivity contribution in [1.29, 1.82) is 0 Å². The number of benzene rings is 1. The minimum absolute atomic E-state index is 0.187. The van der Waals surface area contributed by atoms with Crippen LogP contribution >= 0.6 is 0 Å². The SMILES string of the molecule is CN(C)c1ccc(NC2COCc3ccccc32)cn1. The van der Waals surface area contributed by atoms with Gasteiger partial charge in [-0.1, -0.05) is 24.3 Å². The van der Waals surface area contributed by atoms with Gasteiger partial charge >= 0.3 is 0 Å². The fourth-order valence-electron chi connectivity index (χ4n) is 2.44. The van der Waals surface area contributed by atoms with Crippen LogP contribution in [-0.4, -0.2) is 25.7 Å². The Kier molecular flexibility index (Phi) is 3.56. The van der Waals surface area contributed by atoms with E-state index >= 15 is 0 Å². The lowest BCUT2D eigenvalue weighted by Crippen LogP contribution is -2.23. The molecule has 0 bridgehead atoms. The van der Waals surface area contributed by atoms with Crippen LogP contribution in [0, 0.1) is 0 Å². The molecule has 0 radical (unpaired) electrons. The second-order valence-corrected chi connectivity index (χ2v) is 5.21. The maximum Gasteiger partial charge on any atom is 0.128 e. The molecule has 2 heterocycles. The van der Waals surface area contributed by atoms with Crippen LogP contribution < -0.4 is 10.2 Å². The van der Waals surface area contributed by atoms with Crippen LogP contribution in [0.25, 0.3) is 0 Å². The lowest BCUT2D eigenvalue weighted by molar-refractivity contribution is 0.0970. The number of pyridine rings is 1. The fourth-order valence-corrected chi connectivity index (χ4v) is 2.44. The molecule has 0 aliphatic carbocycles. The van der Waals surface area contributed by atoms with Crippen LogP contribution in [0.4, 0.5) is 11.5 Å². The molecule has 2 aromatic rings. The standard InChI is InChI=1S/C16H19N3O/c1-19(2)16-8-7-13(9-17-16)18-15-11-20-10-12-5-3-4-6-14(12)15/h3-9,15,18H,10-11H2,1-2H3. The third kappa shape index (κ3) is 2.60. The van der Waals surface area contributed by atoms with Gasteiger partial charge in [0.25, 0.3) is 0 Å². The van der Waals surface area contributed by atoms with E-state index in [0.29, 0.717) is 13.2 Å². The van der Waals surface area contributed by atoms with Gasteiger partial charge in [-0.05, 0) is 23.3 Å². The molecule has 0 fully saturated rings. The topological polar surface area (TPSA) is 37.4 Å². The van der Waals surface area contributed by atoms with E-state index in [1.54, 1.807) is 0 Å². The quantitative estimate of drug-likeness (QED) is 0.929. The number of nitrogens with one attached hydrogen (secondary N) is 1. The maximum atomic E-state index is 5.65. The minimum atomic E-state index is 0.187. The average Bonchev–Trinajstić information content (AvgIpc) is 2.48. The van der Waals surface area contributed by atoms with E-state index in [2.05, 4.69) is 40.6 Å². The van der Waals surface area contributed by atoms with E-state index in [9.17, 15) is 0 Å². The molecule has 104 valence electrons. The van der Waals surface area contributed by atoms with Gasteiger partial charge in [-0.25, -0.2) is 4.98 Å². The van der Waals surface area contributed by atoms with E-state index in [1.165, 1.54) is 11.1 Å². The highest BCUT2D eigenvalue weighted by Gasteiger charge is 2.20. The first kappa shape index (κ1) is 12.9. The summed E-state index contributed by atoms with van der Waals surface area (Å²) in [7, 11) is 3.97. The molecule has 0 spiro atoms. The van der Waals surface area contributed by atoms with Crippen molar-refractivity contribution in [3.05, 3.63) is 53.7 Å². The summed E-state index contributed by atoms with van der Waals surface area (Å²) in [6, 6.07) is 12.7. The van der Waals surface area contributed by atoms with Crippen molar-refractivity contribution in [1.82, 2.24) is 4.98 Å². The summed E-state index contributed by atoms with van der Waals surface area (Å²) in [6.45, 7) is 1.39. The van der Waals surface area contributed by atoms with E-state index in [1.807, 2.05) is 31.3 Å². The number of anilines is 2. The lowest BCUT2D eigenvalue weighted by atomic mass is 9.99. The second-order valence-electron chi connectivity index (χ2n) is 5.21. The molecule has 0 amide bonds. The van der Waals surface area contributed by atoms with Gasteiger partial charge in [0.05, 0.1) is 31.1 Å². The van der Waals surface area contributed by atoms with Crippen molar-refractivity contribution < 1.29 is 4.74 Å². The van der Waals surface area contributed by atoms with Gasteiger partial charge in [-0.3, -0.25) is 0 Å². The summed E-state index contributed by atoms with van der Waals surface area (Å²) >= 11 is 0. The highest BCUT2D eigenvalue weighted by atomic mass is 16.5. The van der Waals surface area contributed by atoms with Gasteiger partial charge in [0.2, 0.25) is 0 Å². The maximum absolute atomic E-state index is 5.65. The first-order valence-electron chi connectivity index (χ1n) is 6.79. The molecular formula is C16H19N3O. The number of nitrogens with zero attached hydrogens (tertiary/aromatic N) is 2. The zero-order valence-corrected chi connectivity index (χ0v) is 11.8. The van der Waals surface area contributed by atoms with Gasteiger partial charge in [-0.2, -0.15) is 0 Å². The normalized spacial score (nSPS) is 17.4. The molecule has 1 unspecified atom stereocenters. The largest absolute Gasteiger partial charge is 0.375 e. The third-order valence-corrected chi connectivity index (χ3v) is 3.52. The van der Waals surface area contributed by atoms with Crippen molar-refractivity contribution in [2.45, 2.75) is 12.6 Å². The van der Waals surface area contributed by atoms with Crippen LogP contribution in [0.3, 0.4) is 0 Å². The van der Waals surface area contributed by atoms with Crippen LogP contribution in [0.1, 0.15) is 17.2 Å². The molecule has 1 aromatic heterocycles. The monoisotopic (exact) mass is 269 g/mol. The van der Waals surface area contributed by atoms with Crippen LogP contribution in [0.15, 0.2) is 42.6 Å². The number of fused-ring (bicyclic) bond motifs is 1.